The number of nitrogens with one attached hydrogen (secondary N) is 1. The van der Waals surface area contributed by atoms with Gasteiger partial charge in [-0.1, -0.05) is 6.42 Å². The Bertz CT molecular complexity index is 217. The molecule has 0 aromatic rings. The Balaban J connectivity index is 1.74. The van der Waals surface area contributed by atoms with Gasteiger partial charge in [0.05, 0.1) is 0 Å². The van der Waals surface area contributed by atoms with E-state index >= 15 is 0 Å². The van der Waals surface area contributed by atoms with Crippen molar-refractivity contribution in [2.24, 2.45) is 23.6 Å². The van der Waals surface area contributed by atoms with Crippen molar-refractivity contribution in [3.8, 4) is 0 Å². The molecule has 2 saturated carbocycles. The van der Waals surface area contributed by atoms with Crippen LogP contribution >= 0.6 is 0 Å². The molecule has 3 heteroatoms. The maximum atomic E-state index is 5.67. The summed E-state index contributed by atoms with van der Waals surface area (Å²) >= 11 is 0. The van der Waals surface area contributed by atoms with Gasteiger partial charge in [-0.3, -0.25) is 11.3 Å². The highest BCUT2D eigenvalue weighted by Crippen LogP contribution is 2.49. The van der Waals surface area contributed by atoms with E-state index in [0.717, 1.165) is 24.3 Å². The molecule has 16 heavy (non-hydrogen) atoms. The van der Waals surface area contributed by atoms with Gasteiger partial charge in [0.1, 0.15) is 0 Å². The molecule has 0 heterocycles. The van der Waals surface area contributed by atoms with Crippen molar-refractivity contribution in [2.75, 3.05) is 20.6 Å². The lowest BCUT2D eigenvalue weighted by molar-refractivity contribution is 0.259. The summed E-state index contributed by atoms with van der Waals surface area (Å²) in [4.78, 5) is 2.24. The molecule has 94 valence electrons. The zero-order chi connectivity index (χ0) is 11.5. The molecule has 3 nitrogen and oxygen atoms in total. The summed E-state index contributed by atoms with van der Waals surface area (Å²) in [6.45, 7) is 1.13. The molecule has 2 fully saturated rings. The van der Waals surface area contributed by atoms with Crippen LogP contribution in [0.15, 0.2) is 0 Å². The first-order valence-electron chi connectivity index (χ1n) is 6.80. The van der Waals surface area contributed by atoms with E-state index in [0.29, 0.717) is 6.04 Å². The van der Waals surface area contributed by atoms with Crippen LogP contribution in [0.5, 0.6) is 0 Å². The van der Waals surface area contributed by atoms with Crippen molar-refractivity contribution >= 4 is 0 Å². The summed E-state index contributed by atoms with van der Waals surface area (Å²) in [5.74, 6) is 8.71. The van der Waals surface area contributed by atoms with Gasteiger partial charge in [-0.15, -0.1) is 0 Å². The van der Waals surface area contributed by atoms with E-state index in [1.54, 1.807) is 0 Å². The second-order valence-corrected chi connectivity index (χ2v) is 6.13. The lowest BCUT2D eigenvalue weighted by Gasteiger charge is -2.27. The highest BCUT2D eigenvalue weighted by atomic mass is 15.2. The Morgan fingerprint density at radius 1 is 1.31 bits per heavy atom. The van der Waals surface area contributed by atoms with E-state index in [4.69, 9.17) is 5.84 Å². The molecule has 0 aromatic heterocycles. The van der Waals surface area contributed by atoms with Crippen LogP contribution in [0.25, 0.3) is 0 Å². The largest absolute Gasteiger partial charge is 0.309 e. The predicted octanol–water partition coefficient (Wildman–Crippen LogP) is 1.60. The molecule has 0 aromatic carbocycles. The third-order valence-corrected chi connectivity index (χ3v) is 4.63. The highest BCUT2D eigenvalue weighted by molar-refractivity contribution is 4.91. The van der Waals surface area contributed by atoms with Gasteiger partial charge < -0.3 is 4.90 Å². The smallest absolute Gasteiger partial charge is 0.0225 e. The quantitative estimate of drug-likeness (QED) is 0.533. The van der Waals surface area contributed by atoms with Gasteiger partial charge in [0, 0.05) is 6.04 Å². The molecule has 3 N–H and O–H groups in total. The zero-order valence-corrected chi connectivity index (χ0v) is 10.8. The Morgan fingerprint density at radius 3 is 2.62 bits per heavy atom. The molecule has 0 radical (unpaired) electrons. The fraction of sp³-hybridized carbons (Fsp3) is 1.00. The van der Waals surface area contributed by atoms with Crippen LogP contribution in [-0.2, 0) is 0 Å². The molecule has 2 bridgehead atoms. The minimum Gasteiger partial charge on any atom is -0.309 e. The summed E-state index contributed by atoms with van der Waals surface area (Å²) in [6.07, 6.45) is 8.45. The van der Waals surface area contributed by atoms with Crippen LogP contribution < -0.4 is 11.3 Å². The van der Waals surface area contributed by atoms with Gasteiger partial charge in [-0.05, 0) is 70.5 Å². The normalized spacial score (nSPS) is 34.9. The van der Waals surface area contributed by atoms with Crippen LogP contribution in [0, 0.1) is 17.8 Å². The number of hydrogen-bond acceptors (Lipinski definition) is 3. The first kappa shape index (κ1) is 12.3. The van der Waals surface area contributed by atoms with Gasteiger partial charge in [0.25, 0.3) is 0 Å². The van der Waals surface area contributed by atoms with Crippen molar-refractivity contribution in [1.29, 1.82) is 0 Å². The Labute approximate surface area is 99.7 Å². The third kappa shape index (κ3) is 2.96. The summed E-state index contributed by atoms with van der Waals surface area (Å²) in [5.41, 5.74) is 3.02. The minimum absolute atomic E-state index is 0.520. The van der Waals surface area contributed by atoms with Gasteiger partial charge in [0.15, 0.2) is 0 Å². The van der Waals surface area contributed by atoms with Crippen LogP contribution in [0.2, 0.25) is 0 Å². The van der Waals surface area contributed by atoms with Crippen molar-refractivity contribution in [2.45, 2.75) is 44.6 Å². The number of nitrogens with two attached hydrogens (primary N) is 1. The van der Waals surface area contributed by atoms with E-state index in [9.17, 15) is 0 Å². The van der Waals surface area contributed by atoms with Crippen molar-refractivity contribution in [3.05, 3.63) is 0 Å². The lowest BCUT2D eigenvalue weighted by Crippen LogP contribution is -2.39. The van der Waals surface area contributed by atoms with Gasteiger partial charge in [-0.2, -0.15) is 0 Å². The summed E-state index contributed by atoms with van der Waals surface area (Å²) in [7, 11) is 4.26. The predicted molar refractivity (Wildman–Crippen MR) is 67.8 cm³/mol. The molecule has 4 unspecified atom stereocenters. The fourth-order valence-corrected chi connectivity index (χ4v) is 3.71. The second-order valence-electron chi connectivity index (χ2n) is 6.13. The van der Waals surface area contributed by atoms with E-state index in [1.807, 2.05) is 0 Å². The molecule has 0 saturated heterocycles. The minimum atomic E-state index is 0.520. The molecular weight excluding hydrogens is 198 g/mol. The van der Waals surface area contributed by atoms with E-state index in [2.05, 4.69) is 24.4 Å². The molecule has 0 spiro atoms. The van der Waals surface area contributed by atoms with Crippen LogP contribution in [0.1, 0.15) is 38.5 Å². The topological polar surface area (TPSA) is 41.3 Å². The zero-order valence-electron chi connectivity index (χ0n) is 10.8. The van der Waals surface area contributed by atoms with Crippen LogP contribution in [0.4, 0.5) is 0 Å². The Morgan fingerprint density at radius 2 is 2.12 bits per heavy atom. The fourth-order valence-electron chi connectivity index (χ4n) is 3.71. The second kappa shape index (κ2) is 5.48. The van der Waals surface area contributed by atoms with Gasteiger partial charge in [0.2, 0.25) is 0 Å². The number of nitrogens with zero attached hydrogens (tertiary/aromatic N) is 1. The van der Waals surface area contributed by atoms with Gasteiger partial charge >= 0.3 is 0 Å². The third-order valence-electron chi connectivity index (χ3n) is 4.63. The van der Waals surface area contributed by atoms with Crippen molar-refractivity contribution < 1.29 is 0 Å². The first-order chi connectivity index (χ1) is 7.69. The number of hydrogen-bond donors (Lipinski definition) is 2. The summed E-state index contributed by atoms with van der Waals surface area (Å²) in [6, 6.07) is 0.520. The number of fused-ring (bicyclic) bond motifs is 2. The average molecular weight is 225 g/mol. The standard InChI is InChI=1S/C13H27N3/c1-16(2)6-5-13(15-14)9-12-8-10-3-4-11(12)7-10/h10-13,15H,3-9,14H2,1-2H3. The summed E-state index contributed by atoms with van der Waals surface area (Å²) < 4.78 is 0. The number of rotatable bonds is 6. The first-order valence-corrected chi connectivity index (χ1v) is 6.80. The molecule has 2 rings (SSSR count). The maximum Gasteiger partial charge on any atom is 0.0225 e. The average Bonchev–Trinajstić information content (AvgIpc) is 2.85. The van der Waals surface area contributed by atoms with E-state index in [1.165, 1.54) is 38.5 Å². The van der Waals surface area contributed by atoms with Crippen molar-refractivity contribution in [3.63, 3.8) is 0 Å². The Kier molecular flexibility index (Phi) is 4.22. The van der Waals surface area contributed by atoms with Crippen molar-refractivity contribution in [1.82, 2.24) is 10.3 Å². The Hall–Kier alpha value is -0.120. The maximum absolute atomic E-state index is 5.67. The monoisotopic (exact) mass is 225 g/mol. The molecular formula is C13H27N3. The lowest BCUT2D eigenvalue weighted by atomic mass is 9.84. The molecule has 0 aliphatic heterocycles. The molecule has 4 atom stereocenters. The highest BCUT2D eigenvalue weighted by Gasteiger charge is 2.39. The molecule has 2 aliphatic carbocycles. The van der Waals surface area contributed by atoms with Gasteiger partial charge in [-0.25, -0.2) is 0 Å². The SMILES string of the molecule is CN(C)CCC(CC1CC2CCC1C2)NN. The molecule has 0 amide bonds. The summed E-state index contributed by atoms with van der Waals surface area (Å²) in [5, 5.41) is 0. The van der Waals surface area contributed by atoms with E-state index in [-0.39, 0.29) is 0 Å². The van der Waals surface area contributed by atoms with E-state index < -0.39 is 0 Å². The molecule has 2 aliphatic rings. The van der Waals surface area contributed by atoms with Crippen LogP contribution in [-0.4, -0.2) is 31.6 Å². The van der Waals surface area contributed by atoms with Crippen LogP contribution in [0.3, 0.4) is 0 Å². The number of hydrazine groups is 1.